The topological polar surface area (TPSA) is 71.3 Å². The van der Waals surface area contributed by atoms with Gasteiger partial charge >= 0.3 is 0 Å². The van der Waals surface area contributed by atoms with Crippen LogP contribution in [0.25, 0.3) is 0 Å². The normalized spacial score (nSPS) is 13.3. The van der Waals surface area contributed by atoms with E-state index in [-0.39, 0.29) is 11.1 Å². The minimum absolute atomic E-state index is 0.0712. The van der Waals surface area contributed by atoms with Crippen LogP contribution in [0.4, 0.5) is 0 Å². The third-order valence-electron chi connectivity index (χ3n) is 3.12. The van der Waals surface area contributed by atoms with Gasteiger partial charge in [-0.1, -0.05) is 28.1 Å². The van der Waals surface area contributed by atoms with Gasteiger partial charge in [-0.05, 0) is 43.8 Å². The lowest BCUT2D eigenvalue weighted by Crippen LogP contribution is -2.18. The van der Waals surface area contributed by atoms with Gasteiger partial charge in [0.1, 0.15) is 5.76 Å². The average molecular weight is 373 g/mol. The Morgan fingerprint density at radius 3 is 2.48 bits per heavy atom. The molecule has 2 N–H and O–H groups in total. The Morgan fingerprint density at radius 1 is 1.19 bits per heavy atom. The molecule has 2 rings (SSSR count). The van der Waals surface area contributed by atoms with E-state index in [9.17, 15) is 8.42 Å². The second kappa shape index (κ2) is 6.74. The smallest absolute Gasteiger partial charge is 0.273 e. The summed E-state index contributed by atoms with van der Waals surface area (Å²) in [6.07, 6.45) is 0. The van der Waals surface area contributed by atoms with Crippen LogP contribution in [-0.4, -0.2) is 15.5 Å². The summed E-state index contributed by atoms with van der Waals surface area (Å²) in [5.74, 6) is 0.577. The quantitative estimate of drug-likeness (QED) is 0.817. The second-order valence-corrected chi connectivity index (χ2v) is 7.32. The van der Waals surface area contributed by atoms with Gasteiger partial charge in [-0.15, -0.1) is 0 Å². The summed E-state index contributed by atoms with van der Waals surface area (Å²) in [5.41, 5.74) is 1.15. The largest absolute Gasteiger partial charge is 0.447 e. The van der Waals surface area contributed by atoms with Crippen molar-refractivity contribution in [3.8, 4) is 0 Å². The Morgan fingerprint density at radius 2 is 1.86 bits per heavy atom. The van der Waals surface area contributed by atoms with E-state index in [1.165, 1.54) is 13.1 Å². The zero-order valence-electron chi connectivity index (χ0n) is 11.8. The van der Waals surface area contributed by atoms with E-state index < -0.39 is 10.0 Å². The lowest BCUT2D eigenvalue weighted by molar-refractivity contribution is 0.392. The predicted octanol–water partition coefficient (Wildman–Crippen LogP) is 2.80. The lowest BCUT2D eigenvalue weighted by atomic mass is 10.1. The van der Waals surface area contributed by atoms with Gasteiger partial charge in [0.05, 0.1) is 6.54 Å². The van der Waals surface area contributed by atoms with Crippen LogP contribution in [0.15, 0.2) is 50.4 Å². The molecule has 5 nitrogen and oxygen atoms in total. The Labute approximate surface area is 132 Å². The molecule has 0 spiro atoms. The van der Waals surface area contributed by atoms with Crippen molar-refractivity contribution in [1.82, 2.24) is 10.0 Å². The molecule has 0 aliphatic carbocycles. The van der Waals surface area contributed by atoms with Gasteiger partial charge in [-0.2, -0.15) is 0 Å². The standard InChI is InChI=1S/C14H17BrN2O3S/c1-10(11-3-5-12(15)6-4-11)17-9-13-7-8-14(20-13)21(18,19)16-2/h3-8,10,16-17H,9H2,1-2H3. The second-order valence-electron chi connectivity index (χ2n) is 4.58. The van der Waals surface area contributed by atoms with Crippen LogP contribution in [0, 0.1) is 0 Å². The molecule has 0 aliphatic rings. The molecule has 1 unspecified atom stereocenters. The minimum Gasteiger partial charge on any atom is -0.447 e. The third-order valence-corrected chi connectivity index (χ3v) is 4.94. The summed E-state index contributed by atoms with van der Waals surface area (Å²) < 4.78 is 31.7. The number of rotatable bonds is 6. The van der Waals surface area contributed by atoms with Gasteiger partial charge in [0.15, 0.2) is 0 Å². The van der Waals surface area contributed by atoms with E-state index in [4.69, 9.17) is 4.42 Å². The molecule has 2 aromatic rings. The summed E-state index contributed by atoms with van der Waals surface area (Å²) in [6, 6.07) is 11.3. The molecular weight excluding hydrogens is 356 g/mol. The maximum Gasteiger partial charge on any atom is 0.273 e. The highest BCUT2D eigenvalue weighted by Crippen LogP contribution is 2.18. The SMILES string of the molecule is CNS(=O)(=O)c1ccc(CNC(C)c2ccc(Br)cc2)o1. The summed E-state index contributed by atoms with van der Waals surface area (Å²) in [4.78, 5) is 0. The number of hydrogen-bond acceptors (Lipinski definition) is 4. The molecule has 21 heavy (non-hydrogen) atoms. The van der Waals surface area contributed by atoms with E-state index in [2.05, 4.69) is 26.0 Å². The highest BCUT2D eigenvalue weighted by Gasteiger charge is 2.16. The molecule has 1 aromatic carbocycles. The van der Waals surface area contributed by atoms with Crippen LogP contribution in [0.1, 0.15) is 24.3 Å². The monoisotopic (exact) mass is 372 g/mol. The number of furan rings is 1. The predicted molar refractivity (Wildman–Crippen MR) is 84.4 cm³/mol. The van der Waals surface area contributed by atoms with E-state index in [0.717, 1.165) is 10.0 Å². The van der Waals surface area contributed by atoms with Gasteiger partial charge < -0.3 is 9.73 Å². The van der Waals surface area contributed by atoms with Crippen molar-refractivity contribution in [3.05, 3.63) is 52.2 Å². The first-order valence-corrected chi connectivity index (χ1v) is 8.71. The number of hydrogen-bond donors (Lipinski definition) is 2. The summed E-state index contributed by atoms with van der Waals surface area (Å²) in [6.45, 7) is 2.49. The third kappa shape index (κ3) is 4.16. The molecule has 0 amide bonds. The molecule has 114 valence electrons. The van der Waals surface area contributed by atoms with Crippen LogP contribution in [0.5, 0.6) is 0 Å². The molecule has 0 radical (unpaired) electrons. The molecule has 1 aromatic heterocycles. The Balaban J connectivity index is 1.99. The van der Waals surface area contributed by atoms with Gasteiger partial charge in [0.25, 0.3) is 10.0 Å². The Kier molecular flexibility index (Phi) is 5.21. The molecular formula is C14H17BrN2O3S. The fourth-order valence-electron chi connectivity index (χ4n) is 1.82. The molecule has 1 atom stereocenters. The first kappa shape index (κ1) is 16.2. The summed E-state index contributed by atoms with van der Waals surface area (Å²) in [5, 5.41) is 3.22. The van der Waals surface area contributed by atoms with Crippen LogP contribution in [0.3, 0.4) is 0 Å². The van der Waals surface area contributed by atoms with Crippen LogP contribution in [-0.2, 0) is 16.6 Å². The van der Waals surface area contributed by atoms with Crippen LogP contribution < -0.4 is 10.0 Å². The summed E-state index contributed by atoms with van der Waals surface area (Å²) >= 11 is 3.40. The molecule has 0 saturated carbocycles. The van der Waals surface area contributed by atoms with Crippen LogP contribution in [0.2, 0.25) is 0 Å². The van der Waals surface area contributed by atoms with Gasteiger partial charge in [0.2, 0.25) is 5.09 Å². The molecule has 0 fully saturated rings. The van der Waals surface area contributed by atoms with Crippen molar-refractivity contribution in [3.63, 3.8) is 0 Å². The first-order chi connectivity index (χ1) is 9.92. The maximum absolute atomic E-state index is 11.6. The molecule has 7 heteroatoms. The van der Waals surface area contributed by atoms with Gasteiger partial charge in [-0.3, -0.25) is 0 Å². The maximum atomic E-state index is 11.6. The molecule has 0 bridgehead atoms. The first-order valence-electron chi connectivity index (χ1n) is 6.43. The van der Waals surface area contributed by atoms with Crippen molar-refractivity contribution in [2.75, 3.05) is 7.05 Å². The molecule has 1 heterocycles. The lowest BCUT2D eigenvalue weighted by Gasteiger charge is -2.13. The van der Waals surface area contributed by atoms with Crippen molar-refractivity contribution in [2.45, 2.75) is 24.6 Å². The Bertz CT molecular complexity index is 695. The van der Waals surface area contributed by atoms with E-state index in [0.29, 0.717) is 12.3 Å². The van der Waals surface area contributed by atoms with Crippen molar-refractivity contribution in [2.24, 2.45) is 0 Å². The summed E-state index contributed by atoms with van der Waals surface area (Å²) in [7, 11) is -2.17. The van der Waals surface area contributed by atoms with E-state index in [1.54, 1.807) is 6.07 Å². The fraction of sp³-hybridized carbons (Fsp3) is 0.286. The number of sulfonamides is 1. The van der Waals surface area contributed by atoms with Gasteiger partial charge in [-0.25, -0.2) is 13.1 Å². The number of nitrogens with one attached hydrogen (secondary N) is 2. The fourth-order valence-corrected chi connectivity index (χ4v) is 2.75. The number of halogens is 1. The van der Waals surface area contributed by atoms with Crippen molar-refractivity contribution >= 4 is 26.0 Å². The van der Waals surface area contributed by atoms with Crippen molar-refractivity contribution in [1.29, 1.82) is 0 Å². The zero-order chi connectivity index (χ0) is 15.5. The number of benzene rings is 1. The highest BCUT2D eigenvalue weighted by molar-refractivity contribution is 9.10. The molecule has 0 aliphatic heterocycles. The van der Waals surface area contributed by atoms with E-state index in [1.807, 2.05) is 31.2 Å². The highest BCUT2D eigenvalue weighted by atomic mass is 79.9. The minimum atomic E-state index is -3.52. The van der Waals surface area contributed by atoms with Crippen molar-refractivity contribution < 1.29 is 12.8 Å². The van der Waals surface area contributed by atoms with Gasteiger partial charge in [0, 0.05) is 10.5 Å². The van der Waals surface area contributed by atoms with E-state index >= 15 is 0 Å². The van der Waals surface area contributed by atoms with Crippen LogP contribution >= 0.6 is 15.9 Å². The average Bonchev–Trinajstić information content (AvgIpc) is 2.95. The zero-order valence-corrected chi connectivity index (χ0v) is 14.2. The Hall–Kier alpha value is -1.15. The molecule has 0 saturated heterocycles.